The van der Waals surface area contributed by atoms with Crippen molar-refractivity contribution in [3.8, 4) is 11.1 Å². The van der Waals surface area contributed by atoms with Crippen molar-refractivity contribution in [1.82, 2.24) is 5.32 Å². The molecule has 0 aliphatic heterocycles. The lowest BCUT2D eigenvalue weighted by Crippen LogP contribution is -2.41. The fraction of sp³-hybridized carbons (Fsp3) is 0.300. The lowest BCUT2D eigenvalue weighted by molar-refractivity contribution is -0.139. The van der Waals surface area contributed by atoms with Crippen LogP contribution in [-0.2, 0) is 22.6 Å². The van der Waals surface area contributed by atoms with E-state index in [0.717, 1.165) is 23.1 Å². The first-order valence-corrected chi connectivity index (χ1v) is 8.96. The molecular weight excluding hydrogens is 360 g/mol. The summed E-state index contributed by atoms with van der Waals surface area (Å²) in [6.45, 7) is 0.238. The van der Waals surface area contributed by atoms with Gasteiger partial charge in [-0.25, -0.2) is 9.59 Å². The van der Waals surface area contributed by atoms with Gasteiger partial charge in [-0.1, -0.05) is 47.6 Å². The first kappa shape index (κ1) is 19.3. The van der Waals surface area contributed by atoms with Crippen LogP contribution in [0.15, 0.2) is 47.6 Å². The molecule has 3 rings (SSSR count). The van der Waals surface area contributed by atoms with E-state index in [1.54, 1.807) is 0 Å². The lowest BCUT2D eigenvalue weighted by atomic mass is 10.0. The number of amides is 1. The number of alkyl carbamates (subject to hydrolysis) is 1. The summed E-state index contributed by atoms with van der Waals surface area (Å²) in [4.78, 5) is 25.9. The fourth-order valence-corrected chi connectivity index (χ4v) is 3.35. The number of nitrogens with one attached hydrogen (secondary N) is 1. The Labute approximate surface area is 161 Å². The van der Waals surface area contributed by atoms with Crippen LogP contribution in [0, 0.1) is 0 Å². The number of benzene rings is 2. The summed E-state index contributed by atoms with van der Waals surface area (Å²) >= 11 is 0. The maximum absolute atomic E-state index is 12.1. The zero-order valence-electron chi connectivity index (χ0n) is 15.2. The van der Waals surface area contributed by atoms with Gasteiger partial charge in [0.25, 0.3) is 0 Å². The number of hydrogen-bond acceptors (Lipinski definition) is 4. The third kappa shape index (κ3) is 4.42. The summed E-state index contributed by atoms with van der Waals surface area (Å²) in [6.07, 6.45) is 0.499. The van der Waals surface area contributed by atoms with Gasteiger partial charge in [-0.15, -0.1) is 0 Å². The van der Waals surface area contributed by atoms with Crippen molar-refractivity contribution in [2.24, 2.45) is 5.11 Å². The Morgan fingerprint density at radius 3 is 2.79 bits per heavy atom. The number of nitrogens with zero attached hydrogens (tertiary/aromatic N) is 3. The molecule has 0 spiro atoms. The van der Waals surface area contributed by atoms with Crippen molar-refractivity contribution >= 4 is 12.1 Å². The third-order valence-electron chi connectivity index (χ3n) is 4.71. The SMILES string of the molecule is [N-]=[N+]=NCCCC(NC(=O)OCc1cccc2c1Cc1ccccc1-2)C(=O)O. The van der Waals surface area contributed by atoms with Crippen LogP contribution in [0.3, 0.4) is 0 Å². The molecule has 1 aliphatic carbocycles. The fourth-order valence-electron chi connectivity index (χ4n) is 3.35. The molecular formula is C20H20N4O4. The number of rotatable bonds is 8. The first-order valence-electron chi connectivity index (χ1n) is 8.96. The van der Waals surface area contributed by atoms with E-state index in [0.29, 0.717) is 6.42 Å². The highest BCUT2D eigenvalue weighted by atomic mass is 16.5. The molecule has 0 heterocycles. The zero-order chi connectivity index (χ0) is 19.9. The maximum atomic E-state index is 12.1. The number of carboxylic acids is 1. The molecule has 1 atom stereocenters. The molecule has 144 valence electrons. The van der Waals surface area contributed by atoms with Gasteiger partial charge in [0.05, 0.1) is 0 Å². The van der Waals surface area contributed by atoms with E-state index < -0.39 is 18.1 Å². The standard InChI is InChI=1S/C20H20N4O4/c21-24-22-10-4-9-18(19(25)26)23-20(27)28-12-14-6-3-8-16-15-7-2-1-5-13(15)11-17(14)16/h1-3,5-8,18H,4,9-12H2,(H,23,27)(H,25,26). The Morgan fingerprint density at radius 1 is 1.21 bits per heavy atom. The van der Waals surface area contributed by atoms with Gasteiger partial charge in [0.15, 0.2) is 0 Å². The minimum atomic E-state index is -1.16. The number of azide groups is 1. The highest BCUT2D eigenvalue weighted by molar-refractivity contribution is 5.80. The minimum Gasteiger partial charge on any atom is -0.480 e. The Hall–Kier alpha value is -3.51. The molecule has 0 radical (unpaired) electrons. The number of carbonyl (C=O) groups excluding carboxylic acids is 1. The van der Waals surface area contributed by atoms with Crippen LogP contribution in [0.4, 0.5) is 4.79 Å². The largest absolute Gasteiger partial charge is 0.480 e. The average molecular weight is 380 g/mol. The van der Waals surface area contributed by atoms with Gasteiger partial charge in [0, 0.05) is 11.5 Å². The van der Waals surface area contributed by atoms with Crippen molar-refractivity contribution in [3.05, 3.63) is 69.6 Å². The summed E-state index contributed by atoms with van der Waals surface area (Å²) in [7, 11) is 0. The Bertz CT molecular complexity index is 938. The zero-order valence-corrected chi connectivity index (χ0v) is 15.2. The molecule has 0 aromatic heterocycles. The van der Waals surface area contributed by atoms with Gasteiger partial charge in [-0.3, -0.25) is 0 Å². The topological polar surface area (TPSA) is 124 Å². The number of aliphatic carboxylic acids is 1. The summed E-state index contributed by atoms with van der Waals surface area (Å²) in [5, 5.41) is 14.9. The van der Waals surface area contributed by atoms with Gasteiger partial charge in [0.2, 0.25) is 0 Å². The predicted octanol–water partition coefficient (Wildman–Crippen LogP) is 4.03. The van der Waals surface area contributed by atoms with E-state index >= 15 is 0 Å². The molecule has 0 saturated heterocycles. The van der Waals surface area contributed by atoms with E-state index in [1.165, 1.54) is 11.1 Å². The van der Waals surface area contributed by atoms with E-state index in [-0.39, 0.29) is 19.6 Å². The van der Waals surface area contributed by atoms with Crippen LogP contribution in [0.25, 0.3) is 21.6 Å². The molecule has 0 fully saturated rings. The number of fused-ring (bicyclic) bond motifs is 3. The van der Waals surface area contributed by atoms with Crippen LogP contribution in [0.1, 0.15) is 29.5 Å². The Morgan fingerprint density at radius 2 is 2.00 bits per heavy atom. The Kier molecular flexibility index (Phi) is 6.14. The third-order valence-corrected chi connectivity index (χ3v) is 4.71. The van der Waals surface area contributed by atoms with E-state index in [4.69, 9.17) is 10.3 Å². The van der Waals surface area contributed by atoms with Crippen LogP contribution in [-0.4, -0.2) is 29.8 Å². The number of carbonyl (C=O) groups is 2. The Balaban J connectivity index is 1.59. The van der Waals surface area contributed by atoms with Gasteiger partial charge >= 0.3 is 12.1 Å². The van der Waals surface area contributed by atoms with Crippen molar-refractivity contribution in [2.45, 2.75) is 31.9 Å². The highest BCUT2D eigenvalue weighted by Crippen LogP contribution is 2.38. The molecule has 1 unspecified atom stereocenters. The van der Waals surface area contributed by atoms with Crippen LogP contribution < -0.4 is 5.32 Å². The van der Waals surface area contributed by atoms with Crippen LogP contribution in [0.2, 0.25) is 0 Å². The van der Waals surface area contributed by atoms with Crippen molar-refractivity contribution in [1.29, 1.82) is 0 Å². The quantitative estimate of drug-likeness (QED) is 0.265. The van der Waals surface area contributed by atoms with Gasteiger partial charge in [0.1, 0.15) is 12.6 Å². The molecule has 8 nitrogen and oxygen atoms in total. The van der Waals surface area contributed by atoms with Crippen molar-refractivity contribution in [3.63, 3.8) is 0 Å². The monoisotopic (exact) mass is 380 g/mol. The van der Waals surface area contributed by atoms with Gasteiger partial charge in [-0.2, -0.15) is 0 Å². The summed E-state index contributed by atoms with van der Waals surface area (Å²) < 4.78 is 5.26. The summed E-state index contributed by atoms with van der Waals surface area (Å²) in [6, 6.07) is 13.0. The molecule has 0 bridgehead atoms. The van der Waals surface area contributed by atoms with E-state index in [1.807, 2.05) is 24.3 Å². The normalized spacial score (nSPS) is 12.3. The van der Waals surface area contributed by atoms with Crippen molar-refractivity contribution in [2.75, 3.05) is 6.54 Å². The van der Waals surface area contributed by atoms with Gasteiger partial charge < -0.3 is 15.2 Å². The van der Waals surface area contributed by atoms with E-state index in [2.05, 4.69) is 33.5 Å². The van der Waals surface area contributed by atoms with Crippen LogP contribution >= 0.6 is 0 Å². The molecule has 0 saturated carbocycles. The molecule has 2 aromatic carbocycles. The van der Waals surface area contributed by atoms with Crippen LogP contribution in [0.5, 0.6) is 0 Å². The maximum Gasteiger partial charge on any atom is 0.408 e. The first-order chi connectivity index (χ1) is 13.6. The smallest absolute Gasteiger partial charge is 0.408 e. The van der Waals surface area contributed by atoms with Gasteiger partial charge in [-0.05, 0) is 52.6 Å². The molecule has 2 N–H and O–H groups in total. The second-order valence-corrected chi connectivity index (χ2v) is 6.49. The molecule has 2 aromatic rings. The molecule has 8 heteroatoms. The summed E-state index contributed by atoms with van der Waals surface area (Å²) in [5.41, 5.74) is 13.8. The molecule has 1 aliphatic rings. The number of ether oxygens (including phenoxy) is 1. The molecule has 28 heavy (non-hydrogen) atoms. The number of carboxylic acid groups (broad SMARTS) is 1. The van der Waals surface area contributed by atoms with E-state index in [9.17, 15) is 14.7 Å². The minimum absolute atomic E-state index is 0.0636. The second-order valence-electron chi connectivity index (χ2n) is 6.49. The summed E-state index contributed by atoms with van der Waals surface area (Å²) in [5.74, 6) is -1.16. The second kappa shape index (κ2) is 8.92. The average Bonchev–Trinajstić information content (AvgIpc) is 3.08. The molecule has 1 amide bonds. The van der Waals surface area contributed by atoms with Crippen molar-refractivity contribution < 1.29 is 19.4 Å². The lowest BCUT2D eigenvalue weighted by Gasteiger charge is -2.15. The number of hydrogen-bond donors (Lipinski definition) is 2. The highest BCUT2D eigenvalue weighted by Gasteiger charge is 2.22. The predicted molar refractivity (Wildman–Crippen MR) is 103 cm³/mol.